The van der Waals surface area contributed by atoms with Crippen molar-refractivity contribution in [1.82, 2.24) is 5.32 Å². The van der Waals surface area contributed by atoms with Crippen LogP contribution in [0.3, 0.4) is 0 Å². The van der Waals surface area contributed by atoms with Crippen molar-refractivity contribution in [3.63, 3.8) is 0 Å². The van der Waals surface area contributed by atoms with Gasteiger partial charge in [0.05, 0.1) is 0 Å². The van der Waals surface area contributed by atoms with Gasteiger partial charge in [-0.3, -0.25) is 0 Å². The second-order valence-electron chi connectivity index (χ2n) is 6.01. The van der Waals surface area contributed by atoms with Gasteiger partial charge in [-0.15, -0.1) is 0 Å². The highest BCUT2D eigenvalue weighted by Gasteiger charge is 2.35. The number of halogens is 3. The van der Waals surface area contributed by atoms with Gasteiger partial charge in [0.25, 0.3) is 0 Å². The summed E-state index contributed by atoms with van der Waals surface area (Å²) >= 11 is 0. The van der Waals surface area contributed by atoms with Crippen LogP contribution < -0.4 is 5.32 Å². The van der Waals surface area contributed by atoms with Crippen LogP contribution in [0.4, 0.5) is 13.2 Å². The first-order valence-corrected chi connectivity index (χ1v) is 6.53. The second kappa shape index (κ2) is 5.59. The van der Waals surface area contributed by atoms with Crippen molar-refractivity contribution >= 4 is 0 Å². The van der Waals surface area contributed by atoms with E-state index in [0.717, 1.165) is 6.42 Å². The highest BCUT2D eigenvalue weighted by atomic mass is 19.4. The molecular weight excluding hydrogens is 227 g/mol. The van der Waals surface area contributed by atoms with E-state index in [2.05, 4.69) is 19.2 Å². The van der Waals surface area contributed by atoms with E-state index >= 15 is 0 Å². The van der Waals surface area contributed by atoms with Gasteiger partial charge in [0.15, 0.2) is 0 Å². The third-order valence-corrected chi connectivity index (χ3v) is 3.84. The van der Waals surface area contributed by atoms with Gasteiger partial charge >= 0.3 is 6.18 Å². The van der Waals surface area contributed by atoms with Crippen LogP contribution in [-0.4, -0.2) is 18.3 Å². The van der Waals surface area contributed by atoms with Crippen LogP contribution in [0.2, 0.25) is 0 Å². The molecule has 1 saturated carbocycles. The molecule has 0 aromatic carbocycles. The first-order chi connectivity index (χ1) is 7.71. The Hall–Kier alpha value is -0.250. The molecule has 0 amide bonds. The lowest BCUT2D eigenvalue weighted by Crippen LogP contribution is -2.42. The van der Waals surface area contributed by atoms with Crippen LogP contribution in [0.25, 0.3) is 0 Å². The van der Waals surface area contributed by atoms with Gasteiger partial charge in [0, 0.05) is 18.5 Å². The molecular formula is C13H24F3N. The first-order valence-electron chi connectivity index (χ1n) is 6.53. The van der Waals surface area contributed by atoms with Gasteiger partial charge in [0.2, 0.25) is 0 Å². The predicted octanol–water partition coefficient (Wildman–Crippen LogP) is 4.28. The van der Waals surface area contributed by atoms with E-state index < -0.39 is 12.6 Å². The average Bonchev–Trinajstić information content (AvgIpc) is 2.43. The van der Waals surface area contributed by atoms with Crippen LogP contribution in [0.15, 0.2) is 0 Å². The van der Waals surface area contributed by atoms with Crippen LogP contribution in [-0.2, 0) is 0 Å². The van der Waals surface area contributed by atoms with E-state index in [9.17, 15) is 13.2 Å². The minimum absolute atomic E-state index is 0.180. The Labute approximate surface area is 102 Å². The fourth-order valence-electron chi connectivity index (χ4n) is 2.67. The van der Waals surface area contributed by atoms with Crippen molar-refractivity contribution in [2.75, 3.05) is 0 Å². The zero-order valence-corrected chi connectivity index (χ0v) is 11.0. The van der Waals surface area contributed by atoms with Crippen LogP contribution in [0.1, 0.15) is 59.3 Å². The molecule has 2 atom stereocenters. The van der Waals surface area contributed by atoms with Crippen LogP contribution in [0, 0.1) is 5.41 Å². The summed E-state index contributed by atoms with van der Waals surface area (Å²) in [5, 5.41) is 3.49. The average molecular weight is 251 g/mol. The maximum atomic E-state index is 12.0. The van der Waals surface area contributed by atoms with Crippen LogP contribution in [0.5, 0.6) is 0 Å². The van der Waals surface area contributed by atoms with E-state index in [1.807, 2.05) is 6.92 Å². The number of hydrogen-bond acceptors (Lipinski definition) is 1. The lowest BCUT2D eigenvalue weighted by Gasteiger charge is -2.31. The van der Waals surface area contributed by atoms with Crippen molar-refractivity contribution in [2.24, 2.45) is 5.41 Å². The highest BCUT2D eigenvalue weighted by molar-refractivity contribution is 4.91. The summed E-state index contributed by atoms with van der Waals surface area (Å²) in [6.07, 6.45) is -0.257. The molecule has 1 aliphatic carbocycles. The van der Waals surface area contributed by atoms with Gasteiger partial charge in [0.1, 0.15) is 0 Å². The highest BCUT2D eigenvalue weighted by Crippen LogP contribution is 2.37. The Morgan fingerprint density at radius 1 is 1.35 bits per heavy atom. The van der Waals surface area contributed by atoms with E-state index in [-0.39, 0.29) is 17.9 Å². The Morgan fingerprint density at radius 3 is 2.47 bits per heavy atom. The molecule has 0 bridgehead atoms. The van der Waals surface area contributed by atoms with Crippen molar-refractivity contribution in [3.05, 3.63) is 0 Å². The standard InChI is InChI=1S/C13H24F3N/c1-10(6-4-9-13(14,15)16)17-11-7-5-8-12(11,2)3/h10-11,17H,4-9H2,1-3H3. The summed E-state index contributed by atoms with van der Waals surface area (Å²) in [6.45, 7) is 6.46. The summed E-state index contributed by atoms with van der Waals surface area (Å²) in [4.78, 5) is 0. The lowest BCUT2D eigenvalue weighted by atomic mass is 9.87. The molecule has 1 N–H and O–H groups in total. The Balaban J connectivity index is 2.23. The molecule has 0 spiro atoms. The molecule has 0 heterocycles. The third-order valence-electron chi connectivity index (χ3n) is 3.84. The topological polar surface area (TPSA) is 12.0 Å². The van der Waals surface area contributed by atoms with Gasteiger partial charge in [-0.2, -0.15) is 13.2 Å². The summed E-state index contributed by atoms with van der Waals surface area (Å²) in [7, 11) is 0. The number of nitrogens with one attached hydrogen (secondary N) is 1. The monoisotopic (exact) mass is 251 g/mol. The largest absolute Gasteiger partial charge is 0.389 e. The molecule has 1 aliphatic rings. The quantitative estimate of drug-likeness (QED) is 0.769. The summed E-state index contributed by atoms with van der Waals surface area (Å²) in [5.41, 5.74) is 0.290. The number of hydrogen-bond donors (Lipinski definition) is 1. The first kappa shape index (κ1) is 14.8. The second-order valence-corrected chi connectivity index (χ2v) is 6.01. The summed E-state index contributed by atoms with van der Waals surface area (Å²) in [6, 6.07) is 0.642. The molecule has 1 nitrogen and oxygen atoms in total. The summed E-state index contributed by atoms with van der Waals surface area (Å²) in [5.74, 6) is 0. The zero-order valence-electron chi connectivity index (χ0n) is 11.0. The fourth-order valence-corrected chi connectivity index (χ4v) is 2.67. The Morgan fingerprint density at radius 2 is 2.00 bits per heavy atom. The van der Waals surface area contributed by atoms with Gasteiger partial charge in [-0.1, -0.05) is 20.3 Å². The number of rotatable bonds is 5. The minimum Gasteiger partial charge on any atom is -0.311 e. The molecule has 1 rings (SSSR count). The van der Waals surface area contributed by atoms with Crippen molar-refractivity contribution < 1.29 is 13.2 Å². The molecule has 4 heteroatoms. The van der Waals surface area contributed by atoms with E-state index in [1.165, 1.54) is 12.8 Å². The van der Waals surface area contributed by atoms with E-state index in [1.54, 1.807) is 0 Å². The zero-order chi connectivity index (χ0) is 13.1. The van der Waals surface area contributed by atoms with Gasteiger partial charge in [-0.05, 0) is 38.0 Å². The molecule has 17 heavy (non-hydrogen) atoms. The minimum atomic E-state index is -4.01. The molecule has 2 unspecified atom stereocenters. The molecule has 102 valence electrons. The summed E-state index contributed by atoms with van der Waals surface area (Å²) < 4.78 is 36.0. The molecule has 0 radical (unpaired) electrons. The molecule has 0 aromatic rings. The van der Waals surface area contributed by atoms with Gasteiger partial charge in [-0.25, -0.2) is 0 Å². The normalized spacial score (nSPS) is 26.1. The predicted molar refractivity (Wildman–Crippen MR) is 63.9 cm³/mol. The lowest BCUT2D eigenvalue weighted by molar-refractivity contribution is -0.135. The molecule has 0 aliphatic heterocycles. The van der Waals surface area contributed by atoms with Crippen LogP contribution >= 0.6 is 0 Å². The SMILES string of the molecule is CC(CCCC(F)(F)F)NC1CCCC1(C)C. The smallest absolute Gasteiger partial charge is 0.311 e. The fraction of sp³-hybridized carbons (Fsp3) is 1.00. The maximum Gasteiger partial charge on any atom is 0.389 e. The van der Waals surface area contributed by atoms with Crippen molar-refractivity contribution in [1.29, 1.82) is 0 Å². The third kappa shape index (κ3) is 5.28. The van der Waals surface area contributed by atoms with E-state index in [0.29, 0.717) is 12.5 Å². The molecule has 0 aromatic heterocycles. The Bertz CT molecular complexity index is 235. The van der Waals surface area contributed by atoms with Gasteiger partial charge < -0.3 is 5.32 Å². The number of alkyl halides is 3. The molecule has 1 fully saturated rings. The molecule has 0 saturated heterocycles. The van der Waals surface area contributed by atoms with E-state index in [4.69, 9.17) is 0 Å². The maximum absolute atomic E-state index is 12.0. The Kier molecular flexibility index (Phi) is 4.87. The van der Waals surface area contributed by atoms with Crippen molar-refractivity contribution in [2.45, 2.75) is 77.6 Å². The van der Waals surface area contributed by atoms with Crippen molar-refractivity contribution in [3.8, 4) is 0 Å².